The van der Waals surface area contributed by atoms with Crippen molar-refractivity contribution in [2.75, 3.05) is 18.0 Å². The van der Waals surface area contributed by atoms with E-state index in [1.165, 1.54) is 48.5 Å². The number of benzene rings is 5. The summed E-state index contributed by atoms with van der Waals surface area (Å²) in [5.41, 5.74) is 3.91. The number of rotatable bonds is 19. The number of amides is 1. The van der Waals surface area contributed by atoms with Crippen molar-refractivity contribution in [3.8, 4) is 28.2 Å². The van der Waals surface area contributed by atoms with Gasteiger partial charge in [0.2, 0.25) is 11.6 Å². The fraction of sp³-hybridized carbons (Fsp3) is 0.255. The highest BCUT2D eigenvalue weighted by Gasteiger charge is 2.46. The highest BCUT2D eigenvalue weighted by atomic mass is 32.2. The van der Waals surface area contributed by atoms with Gasteiger partial charge in [0.25, 0.3) is 0 Å². The number of unbranched alkanes of at least 4 members (excludes halogenated alkanes) is 2. The Morgan fingerprint density at radius 2 is 1.65 bits per heavy atom. The summed E-state index contributed by atoms with van der Waals surface area (Å²) in [6, 6.07) is 21.1. The monoisotopic (exact) mass is 1040 g/mol. The summed E-state index contributed by atoms with van der Waals surface area (Å²) in [4.78, 5) is 52.8. The fourth-order valence-corrected chi connectivity index (χ4v) is 11.2. The van der Waals surface area contributed by atoms with Crippen molar-refractivity contribution >= 4 is 68.1 Å². The quantitative estimate of drug-likeness (QED) is 0.00863. The minimum Gasteiger partial charge on any atom is -0.744 e. The number of nitrogens with one attached hydrogen (secondary N) is 1. The zero-order valence-electron chi connectivity index (χ0n) is 41.0. The summed E-state index contributed by atoms with van der Waals surface area (Å²) >= 11 is 0.837. The summed E-state index contributed by atoms with van der Waals surface area (Å²) in [7, 11) is -4.87. The molecule has 1 amide bonds. The van der Waals surface area contributed by atoms with Gasteiger partial charge < -0.3 is 39.8 Å². The van der Waals surface area contributed by atoms with E-state index in [1.54, 1.807) is 6.07 Å². The van der Waals surface area contributed by atoms with Crippen molar-refractivity contribution in [1.29, 1.82) is 0 Å². The number of carbonyl (C=O) groups excluding carboxylic acids is 1. The molecule has 384 valence electrons. The number of anilines is 1. The van der Waals surface area contributed by atoms with Gasteiger partial charge in [-0.15, -0.1) is 0 Å². The predicted molar refractivity (Wildman–Crippen MR) is 275 cm³/mol. The third kappa shape index (κ3) is 10.3. The van der Waals surface area contributed by atoms with Crippen molar-refractivity contribution in [3.63, 3.8) is 0 Å². The normalized spacial score (nSPS) is 15.5. The summed E-state index contributed by atoms with van der Waals surface area (Å²) in [5, 5.41) is 48.0. The van der Waals surface area contributed by atoms with Crippen LogP contribution >= 0.6 is 12.0 Å². The second-order valence-corrected chi connectivity index (χ2v) is 21.0. The molecule has 3 heterocycles. The standard InChI is InChI=1S/C55H53N3O14S2/c1-6-57-42-25-21-34(73-72-71-66)30-41(42)55(4,5)46(57)16-9-7-10-17-47-54(2,3)40-14-13-15-45(74(67,68)69)50(40)58(47)27-12-8-11-18-48(61)56-31-39-43(60)26-24-37-49(36-23-20-33(59)29-44(36)70-51(37)39)35-22-19-32(52(62)63)28-38(35)53(64)65/h7,9-10,13-17,19-26,28-30H,6,8,11-12,18,27,31H2,1-5H3,(H5-,56,60,61,62,63,64,65,66,67,68,69)/p-1. The van der Waals surface area contributed by atoms with Gasteiger partial charge in [-0.1, -0.05) is 50.3 Å². The van der Waals surface area contributed by atoms with Gasteiger partial charge in [0.05, 0.1) is 40.7 Å². The van der Waals surface area contributed by atoms with Crippen LogP contribution in [0.1, 0.15) is 97.7 Å². The highest BCUT2D eigenvalue weighted by Crippen LogP contribution is 2.49. The largest absolute Gasteiger partial charge is 0.744 e. The molecule has 1 aliphatic carbocycles. The molecule has 4 aliphatic rings. The Balaban J connectivity index is 0.994. The van der Waals surface area contributed by atoms with Crippen LogP contribution in [0, 0.1) is 0 Å². The van der Waals surface area contributed by atoms with E-state index in [1.807, 2.05) is 73.1 Å². The van der Waals surface area contributed by atoms with E-state index in [0.717, 1.165) is 45.7 Å². The number of aromatic hydroxyl groups is 1. The van der Waals surface area contributed by atoms with Gasteiger partial charge in [0, 0.05) is 75.3 Å². The lowest BCUT2D eigenvalue weighted by atomic mass is 9.81. The molecule has 0 bridgehead atoms. The van der Waals surface area contributed by atoms with Gasteiger partial charge in [-0.2, -0.15) is 8.91 Å². The zero-order chi connectivity index (χ0) is 53.3. The fourth-order valence-electron chi connectivity index (χ4n) is 10.1. The van der Waals surface area contributed by atoms with Crippen LogP contribution < -0.4 is 20.9 Å². The van der Waals surface area contributed by atoms with Gasteiger partial charge in [-0.3, -0.25) is 14.6 Å². The second kappa shape index (κ2) is 21.2. The molecule has 0 spiro atoms. The number of phenolic OH excluding ortho intramolecular Hbond substituents is 1. The number of nitrogens with zero attached hydrogens (tertiary/aromatic N) is 2. The first-order chi connectivity index (χ1) is 35.2. The number of allylic oxidation sites excluding steroid dienone is 6. The predicted octanol–water partition coefficient (Wildman–Crippen LogP) is 8.87. The molecule has 0 fully saturated rings. The van der Waals surface area contributed by atoms with E-state index in [-0.39, 0.29) is 63.1 Å². The van der Waals surface area contributed by atoms with E-state index in [4.69, 9.17) is 4.42 Å². The van der Waals surface area contributed by atoms with Crippen LogP contribution in [0.15, 0.2) is 140 Å². The molecule has 0 aromatic heterocycles. The van der Waals surface area contributed by atoms with E-state index in [0.29, 0.717) is 60.1 Å². The van der Waals surface area contributed by atoms with Crippen molar-refractivity contribution in [2.45, 2.75) is 87.5 Å². The number of hydrogen-bond acceptors (Lipinski definition) is 14. The molecule has 0 atom stereocenters. The molecule has 4 aromatic carbocycles. The minimum atomic E-state index is -4.87. The van der Waals surface area contributed by atoms with E-state index < -0.39 is 38.3 Å². The first-order valence-corrected chi connectivity index (χ1v) is 25.8. The molecule has 17 nitrogen and oxygen atoms in total. The van der Waals surface area contributed by atoms with Gasteiger partial charge in [-0.25, -0.2) is 18.0 Å². The molecule has 0 saturated carbocycles. The molecule has 0 saturated heterocycles. The molecular formula is C55H52N3O14S2-. The zero-order valence-corrected chi connectivity index (χ0v) is 42.6. The molecule has 3 aliphatic heterocycles. The van der Waals surface area contributed by atoms with Gasteiger partial charge in [0.1, 0.15) is 38.7 Å². The average Bonchev–Trinajstić information content (AvgIpc) is 3.71. The van der Waals surface area contributed by atoms with E-state index >= 15 is 0 Å². The summed E-state index contributed by atoms with van der Waals surface area (Å²) < 4.78 is 50.7. The lowest BCUT2D eigenvalue weighted by molar-refractivity contribution is -0.777. The summed E-state index contributed by atoms with van der Waals surface area (Å²) in [5.74, 6) is -3.24. The van der Waals surface area contributed by atoms with Crippen LogP contribution in [0.5, 0.6) is 5.75 Å². The molecule has 0 unspecified atom stereocenters. The van der Waals surface area contributed by atoms with E-state index in [2.05, 4.69) is 40.4 Å². The highest BCUT2D eigenvalue weighted by molar-refractivity contribution is 7.94. The average molecular weight is 1040 g/mol. The first kappa shape index (κ1) is 52.9. The lowest BCUT2D eigenvalue weighted by Gasteiger charge is -2.25. The maximum Gasteiger partial charge on any atom is 0.336 e. The summed E-state index contributed by atoms with van der Waals surface area (Å²) in [6.07, 6.45) is 11.2. The van der Waals surface area contributed by atoms with E-state index in [9.17, 15) is 52.7 Å². The van der Waals surface area contributed by atoms with Crippen molar-refractivity contribution in [3.05, 3.63) is 159 Å². The number of aromatic carboxylic acids is 2. The SMILES string of the molecule is CCN1/C(=C/C=C/C=C/C2=[N+](CCCCCC(=O)NCc3c(O)ccc4c(-c5ccc(C(=O)O)cc5C(=O)O)c5ccc(=O)cc-5oc34)c3c(cccc3S(=O)(=O)[O-])C2(C)C)C(C)(C)c2cc(SOO[O-])ccc21. The van der Waals surface area contributed by atoms with Crippen LogP contribution in [0.3, 0.4) is 0 Å². The number of fused-ring (bicyclic) bond motifs is 4. The molecule has 19 heteroatoms. The topological polar surface area (TPSA) is 259 Å². The van der Waals surface area contributed by atoms with Crippen LogP contribution in [0.2, 0.25) is 0 Å². The number of carboxylic acid groups (broad SMARTS) is 2. The maximum atomic E-state index is 13.4. The lowest BCUT2D eigenvalue weighted by Crippen LogP contribution is -2.28. The first-order valence-electron chi connectivity index (χ1n) is 23.6. The smallest absolute Gasteiger partial charge is 0.336 e. The van der Waals surface area contributed by atoms with Crippen molar-refractivity contribution in [1.82, 2.24) is 5.32 Å². The van der Waals surface area contributed by atoms with Crippen LogP contribution in [-0.4, -0.2) is 69.5 Å². The Labute approximate surface area is 430 Å². The van der Waals surface area contributed by atoms with Crippen molar-refractivity contribution < 1.29 is 66.3 Å². The molecule has 4 N–H and O–H groups in total. The minimum absolute atomic E-state index is 0.0705. The van der Waals surface area contributed by atoms with Crippen LogP contribution in [-0.2, 0) is 41.7 Å². The Morgan fingerprint density at radius 1 is 0.878 bits per heavy atom. The van der Waals surface area contributed by atoms with Gasteiger partial charge in [-0.05, 0) is 111 Å². The van der Waals surface area contributed by atoms with Gasteiger partial charge in [0.15, 0.2) is 11.1 Å². The molecule has 74 heavy (non-hydrogen) atoms. The Bertz CT molecular complexity index is 3520. The number of phenols is 1. The Kier molecular flexibility index (Phi) is 15.2. The Hall–Kier alpha value is -7.39. The summed E-state index contributed by atoms with van der Waals surface area (Å²) in [6.45, 7) is 11.1. The van der Waals surface area contributed by atoms with Gasteiger partial charge >= 0.3 is 11.9 Å². The van der Waals surface area contributed by atoms with Crippen LogP contribution in [0.25, 0.3) is 33.4 Å². The number of carbonyl (C=O) groups is 3. The molecule has 4 aromatic rings. The third-order valence-electron chi connectivity index (χ3n) is 13.7. The number of hydrogen-bond donors (Lipinski definition) is 4. The molecular weight excluding hydrogens is 991 g/mol. The second-order valence-electron chi connectivity index (χ2n) is 18.9. The maximum absolute atomic E-state index is 13.4. The number of para-hydroxylation sites is 1. The van der Waals surface area contributed by atoms with Crippen molar-refractivity contribution in [2.24, 2.45) is 0 Å². The third-order valence-corrected chi connectivity index (χ3v) is 15.1. The van der Waals surface area contributed by atoms with Crippen LogP contribution in [0.4, 0.5) is 11.4 Å². The number of likely N-dealkylation sites (N-methyl/N-ethyl adjacent to an activating group) is 1. The molecule has 0 radical (unpaired) electrons. The molecule has 8 rings (SSSR count). The number of carboxylic acids is 2. The Morgan fingerprint density at radius 3 is 2.36 bits per heavy atom.